The second-order valence-electron chi connectivity index (χ2n) is 4.64. The molecule has 19 heavy (non-hydrogen) atoms. The smallest absolute Gasteiger partial charge is 0.316 e. The average molecular weight is 298 g/mol. The van der Waals surface area contributed by atoms with Crippen LogP contribution >= 0.6 is 22.9 Å². The van der Waals surface area contributed by atoms with Crippen LogP contribution in [0.4, 0.5) is 0 Å². The molecule has 0 N–H and O–H groups in total. The number of halogens is 1. The van der Waals surface area contributed by atoms with Crippen LogP contribution in [-0.4, -0.2) is 17.6 Å². The summed E-state index contributed by atoms with van der Waals surface area (Å²) in [5.41, 5.74) is 0.874. The highest BCUT2D eigenvalue weighted by Crippen LogP contribution is 2.33. The van der Waals surface area contributed by atoms with E-state index in [2.05, 4.69) is 4.98 Å². The molecule has 1 aromatic carbocycles. The molecule has 0 saturated carbocycles. The lowest BCUT2D eigenvalue weighted by atomic mass is 9.97. The molecule has 3 nitrogen and oxygen atoms in total. The Labute approximate surface area is 121 Å². The Hall–Kier alpha value is -1.13. The molecule has 1 aromatic heterocycles. The number of aromatic nitrogens is 1. The molecule has 0 bridgehead atoms. The minimum atomic E-state index is -0.309. The zero-order chi connectivity index (χ0) is 14.0. The van der Waals surface area contributed by atoms with Gasteiger partial charge in [0.05, 0.1) is 16.8 Å². The van der Waals surface area contributed by atoms with Gasteiger partial charge in [-0.1, -0.05) is 25.4 Å². The average Bonchev–Trinajstić information content (AvgIpc) is 2.71. The number of thiazole rings is 1. The maximum atomic E-state index is 12.0. The van der Waals surface area contributed by atoms with Crippen molar-refractivity contribution in [3.05, 3.63) is 28.2 Å². The van der Waals surface area contributed by atoms with Gasteiger partial charge in [-0.05, 0) is 31.0 Å². The topological polar surface area (TPSA) is 39.2 Å². The van der Waals surface area contributed by atoms with E-state index in [1.54, 1.807) is 0 Å². The minimum absolute atomic E-state index is 0.148. The zero-order valence-corrected chi connectivity index (χ0v) is 12.7. The highest BCUT2D eigenvalue weighted by atomic mass is 35.5. The summed E-state index contributed by atoms with van der Waals surface area (Å²) in [5, 5.41) is 1.48. The number of ether oxygens (including phenoxy) is 1. The summed E-state index contributed by atoms with van der Waals surface area (Å²) >= 11 is 7.48. The van der Waals surface area contributed by atoms with E-state index in [-0.39, 0.29) is 17.8 Å². The third kappa shape index (κ3) is 3.07. The lowest BCUT2D eigenvalue weighted by Gasteiger charge is -2.16. The summed E-state index contributed by atoms with van der Waals surface area (Å²) in [6.45, 7) is 6.20. The zero-order valence-electron chi connectivity index (χ0n) is 11.1. The number of esters is 1. The molecule has 1 unspecified atom stereocenters. The summed E-state index contributed by atoms with van der Waals surface area (Å²) in [7, 11) is 0. The highest BCUT2D eigenvalue weighted by molar-refractivity contribution is 7.18. The molecular formula is C14H16ClNO2S. The van der Waals surface area contributed by atoms with E-state index in [9.17, 15) is 4.79 Å². The number of hydrogen-bond acceptors (Lipinski definition) is 4. The summed E-state index contributed by atoms with van der Waals surface area (Å²) in [5.74, 6) is -0.367. The Bertz CT molecular complexity index is 594. The Morgan fingerprint density at radius 1 is 1.47 bits per heavy atom. The van der Waals surface area contributed by atoms with Gasteiger partial charge in [0, 0.05) is 5.02 Å². The van der Waals surface area contributed by atoms with E-state index in [4.69, 9.17) is 16.3 Å². The quantitative estimate of drug-likeness (QED) is 0.792. The van der Waals surface area contributed by atoms with Gasteiger partial charge in [0.25, 0.3) is 0 Å². The van der Waals surface area contributed by atoms with E-state index in [1.807, 2.05) is 39.0 Å². The van der Waals surface area contributed by atoms with Gasteiger partial charge in [-0.25, -0.2) is 4.98 Å². The van der Waals surface area contributed by atoms with Gasteiger partial charge >= 0.3 is 5.97 Å². The highest BCUT2D eigenvalue weighted by Gasteiger charge is 2.28. The van der Waals surface area contributed by atoms with Crippen LogP contribution in [0.25, 0.3) is 10.2 Å². The van der Waals surface area contributed by atoms with Crippen LogP contribution in [-0.2, 0) is 9.53 Å². The monoisotopic (exact) mass is 297 g/mol. The molecular weight excluding hydrogens is 282 g/mol. The predicted molar refractivity (Wildman–Crippen MR) is 78.8 cm³/mol. The Kier molecular flexibility index (Phi) is 4.42. The number of nitrogens with zero attached hydrogens (tertiary/aromatic N) is 1. The number of hydrogen-bond donors (Lipinski definition) is 0. The Morgan fingerprint density at radius 3 is 2.84 bits per heavy atom. The van der Waals surface area contributed by atoms with Crippen molar-refractivity contribution < 1.29 is 9.53 Å². The fourth-order valence-electron chi connectivity index (χ4n) is 1.94. The third-order valence-electron chi connectivity index (χ3n) is 2.84. The maximum Gasteiger partial charge on any atom is 0.316 e. The molecule has 0 spiro atoms. The molecule has 0 radical (unpaired) electrons. The second kappa shape index (κ2) is 5.88. The summed E-state index contributed by atoms with van der Waals surface area (Å²) < 4.78 is 6.14. The van der Waals surface area contributed by atoms with Gasteiger partial charge < -0.3 is 4.74 Å². The third-order valence-corrected chi connectivity index (χ3v) is 4.18. The van der Waals surface area contributed by atoms with Gasteiger partial charge in [-0.3, -0.25) is 4.79 Å². The standard InChI is InChI=1S/C14H16ClNO2S/c1-4-18-14(17)12(8(2)3)13-16-10-6-5-9(15)7-11(10)19-13/h5-8,12H,4H2,1-3H3. The number of benzene rings is 1. The van der Waals surface area contributed by atoms with Crippen molar-refractivity contribution >= 4 is 39.1 Å². The normalized spacial score (nSPS) is 12.9. The first-order chi connectivity index (χ1) is 9.02. The molecule has 5 heteroatoms. The first-order valence-electron chi connectivity index (χ1n) is 6.25. The van der Waals surface area contributed by atoms with Gasteiger partial charge in [-0.2, -0.15) is 0 Å². The molecule has 0 amide bonds. The number of fused-ring (bicyclic) bond motifs is 1. The van der Waals surface area contributed by atoms with E-state index in [1.165, 1.54) is 11.3 Å². The Balaban J connectivity index is 2.41. The molecule has 0 aliphatic rings. The van der Waals surface area contributed by atoms with Crippen LogP contribution in [0.3, 0.4) is 0 Å². The van der Waals surface area contributed by atoms with Crippen molar-refractivity contribution in [2.24, 2.45) is 5.92 Å². The first kappa shape index (κ1) is 14.3. The Morgan fingerprint density at radius 2 is 2.21 bits per heavy atom. The van der Waals surface area contributed by atoms with Crippen molar-refractivity contribution in [2.75, 3.05) is 6.61 Å². The predicted octanol–water partition coefficient (Wildman–Crippen LogP) is 4.25. The molecule has 0 aliphatic carbocycles. The van der Waals surface area contributed by atoms with Crippen LogP contribution in [0.15, 0.2) is 18.2 Å². The van der Waals surface area contributed by atoms with Gasteiger partial charge in [0.15, 0.2) is 0 Å². The maximum absolute atomic E-state index is 12.0. The van der Waals surface area contributed by atoms with Gasteiger partial charge in [0.2, 0.25) is 0 Å². The van der Waals surface area contributed by atoms with Crippen LogP contribution in [0.2, 0.25) is 5.02 Å². The van der Waals surface area contributed by atoms with Crippen molar-refractivity contribution in [3.63, 3.8) is 0 Å². The van der Waals surface area contributed by atoms with Crippen LogP contribution in [0.5, 0.6) is 0 Å². The van der Waals surface area contributed by atoms with Crippen LogP contribution in [0, 0.1) is 5.92 Å². The van der Waals surface area contributed by atoms with E-state index in [0.717, 1.165) is 15.2 Å². The van der Waals surface area contributed by atoms with Gasteiger partial charge in [-0.15, -0.1) is 11.3 Å². The SMILES string of the molecule is CCOC(=O)C(c1nc2ccc(Cl)cc2s1)C(C)C. The largest absolute Gasteiger partial charge is 0.465 e. The lowest BCUT2D eigenvalue weighted by molar-refractivity contribution is -0.146. The molecule has 2 rings (SSSR count). The fraction of sp³-hybridized carbons (Fsp3) is 0.429. The molecule has 0 aliphatic heterocycles. The van der Waals surface area contributed by atoms with Crippen molar-refractivity contribution in [3.8, 4) is 0 Å². The summed E-state index contributed by atoms with van der Waals surface area (Å²) in [6.07, 6.45) is 0. The molecule has 2 aromatic rings. The molecule has 1 atom stereocenters. The minimum Gasteiger partial charge on any atom is -0.465 e. The van der Waals surface area contributed by atoms with Crippen molar-refractivity contribution in [1.29, 1.82) is 0 Å². The number of rotatable bonds is 4. The fourth-order valence-corrected chi connectivity index (χ4v) is 3.45. The molecule has 102 valence electrons. The lowest BCUT2D eigenvalue weighted by Crippen LogP contribution is -2.20. The second-order valence-corrected chi connectivity index (χ2v) is 6.14. The first-order valence-corrected chi connectivity index (χ1v) is 7.45. The summed E-state index contributed by atoms with van der Waals surface area (Å²) in [6, 6.07) is 5.56. The van der Waals surface area contributed by atoms with E-state index in [0.29, 0.717) is 11.6 Å². The van der Waals surface area contributed by atoms with E-state index >= 15 is 0 Å². The molecule has 0 saturated heterocycles. The number of carbonyl (C=O) groups is 1. The molecule has 0 fully saturated rings. The summed E-state index contributed by atoms with van der Waals surface area (Å²) in [4.78, 5) is 16.6. The van der Waals surface area contributed by atoms with Gasteiger partial charge in [0.1, 0.15) is 10.9 Å². The molecule has 1 heterocycles. The van der Waals surface area contributed by atoms with Crippen LogP contribution in [0.1, 0.15) is 31.7 Å². The number of carbonyl (C=O) groups excluding carboxylic acids is 1. The van der Waals surface area contributed by atoms with E-state index < -0.39 is 0 Å². The van der Waals surface area contributed by atoms with Crippen LogP contribution < -0.4 is 0 Å². The van der Waals surface area contributed by atoms with Crippen molar-refractivity contribution in [1.82, 2.24) is 4.98 Å². The van der Waals surface area contributed by atoms with Crippen molar-refractivity contribution in [2.45, 2.75) is 26.7 Å².